The monoisotopic (exact) mass is 517 g/mol. The molecular formula is C22H26Cl2FN3O4S. The lowest BCUT2D eigenvalue weighted by atomic mass is 10.0. The van der Waals surface area contributed by atoms with Crippen LogP contribution in [0.5, 0.6) is 11.5 Å². The van der Waals surface area contributed by atoms with Crippen LogP contribution in [0.1, 0.15) is 0 Å². The average Bonchev–Trinajstić information content (AvgIpc) is 2.77. The molecule has 0 aliphatic carbocycles. The van der Waals surface area contributed by atoms with Crippen molar-refractivity contribution in [3.05, 3.63) is 66.5 Å². The van der Waals surface area contributed by atoms with Gasteiger partial charge in [-0.15, -0.1) is 24.8 Å². The summed E-state index contributed by atoms with van der Waals surface area (Å²) in [5, 5.41) is 3.09. The molecule has 4 N–H and O–H groups in total. The lowest BCUT2D eigenvalue weighted by molar-refractivity contribution is 0.403. The van der Waals surface area contributed by atoms with Gasteiger partial charge in [0.25, 0.3) is 10.0 Å². The van der Waals surface area contributed by atoms with Gasteiger partial charge in [-0.3, -0.25) is 4.72 Å². The Kier molecular flexibility index (Phi) is 10.7. The van der Waals surface area contributed by atoms with Crippen molar-refractivity contribution in [1.82, 2.24) is 0 Å². The number of hydrogen-bond donors (Lipinski definition) is 3. The van der Waals surface area contributed by atoms with Crippen LogP contribution in [0.25, 0.3) is 11.1 Å². The number of anilines is 2. The number of benzene rings is 3. The largest absolute Gasteiger partial charge is 0.497 e. The fourth-order valence-corrected chi connectivity index (χ4v) is 4.27. The van der Waals surface area contributed by atoms with Gasteiger partial charge in [0.2, 0.25) is 0 Å². The molecule has 0 saturated heterocycles. The lowest BCUT2D eigenvalue weighted by Crippen LogP contribution is -2.15. The van der Waals surface area contributed by atoms with E-state index in [1.54, 1.807) is 30.3 Å². The van der Waals surface area contributed by atoms with Crippen molar-refractivity contribution in [2.45, 2.75) is 4.90 Å². The maximum absolute atomic E-state index is 14.4. The van der Waals surface area contributed by atoms with Crippen LogP contribution >= 0.6 is 24.8 Å². The summed E-state index contributed by atoms with van der Waals surface area (Å²) >= 11 is 0. The highest BCUT2D eigenvalue weighted by Gasteiger charge is 2.22. The second-order valence-corrected chi connectivity index (χ2v) is 8.26. The van der Waals surface area contributed by atoms with E-state index in [1.165, 1.54) is 44.6 Å². The molecule has 11 heteroatoms. The molecule has 0 amide bonds. The predicted molar refractivity (Wildman–Crippen MR) is 134 cm³/mol. The zero-order valence-electron chi connectivity index (χ0n) is 18.0. The molecule has 0 heterocycles. The summed E-state index contributed by atoms with van der Waals surface area (Å²) in [5.41, 5.74) is 7.17. The van der Waals surface area contributed by atoms with Crippen LogP contribution in [-0.4, -0.2) is 35.7 Å². The SMILES string of the molecule is COc1ccc(F)c(-c2ccc(OC)c(S(=O)(=O)Nc3cccc(NCCN)c3)c2)c1.Cl.Cl. The van der Waals surface area contributed by atoms with Crippen molar-refractivity contribution in [3.8, 4) is 22.6 Å². The maximum atomic E-state index is 14.4. The standard InChI is InChI=1S/C22H24FN3O4S.2ClH/c1-29-18-7-8-20(23)19(14-18)15-6-9-21(30-2)22(12-15)31(27,28)26-17-5-3-4-16(13-17)25-11-10-24;;/h3-9,12-14,25-26H,10-11,24H2,1-2H3;2*1H. The van der Waals surface area contributed by atoms with Gasteiger partial charge < -0.3 is 20.5 Å². The molecule has 0 spiro atoms. The summed E-state index contributed by atoms with van der Waals surface area (Å²) in [6, 6.07) is 15.5. The zero-order chi connectivity index (χ0) is 22.4. The number of rotatable bonds is 9. The molecule has 33 heavy (non-hydrogen) atoms. The maximum Gasteiger partial charge on any atom is 0.265 e. The molecule has 0 aliphatic rings. The minimum absolute atomic E-state index is 0. The highest BCUT2D eigenvalue weighted by atomic mass is 35.5. The summed E-state index contributed by atoms with van der Waals surface area (Å²) < 4.78 is 53.7. The van der Waals surface area contributed by atoms with E-state index in [2.05, 4.69) is 10.0 Å². The van der Waals surface area contributed by atoms with Crippen molar-refractivity contribution < 1.29 is 22.3 Å². The zero-order valence-corrected chi connectivity index (χ0v) is 20.5. The fraction of sp³-hybridized carbons (Fsp3) is 0.182. The van der Waals surface area contributed by atoms with E-state index >= 15 is 0 Å². The normalized spacial score (nSPS) is 10.4. The van der Waals surface area contributed by atoms with Crippen LogP contribution in [0.3, 0.4) is 0 Å². The van der Waals surface area contributed by atoms with Crippen molar-refractivity contribution >= 4 is 46.2 Å². The van der Waals surface area contributed by atoms with Gasteiger partial charge in [0.05, 0.1) is 19.9 Å². The van der Waals surface area contributed by atoms with E-state index in [4.69, 9.17) is 15.2 Å². The van der Waals surface area contributed by atoms with Crippen LogP contribution in [0.4, 0.5) is 15.8 Å². The van der Waals surface area contributed by atoms with Gasteiger partial charge in [-0.2, -0.15) is 0 Å². The first-order valence-corrected chi connectivity index (χ1v) is 10.9. The third-order valence-electron chi connectivity index (χ3n) is 4.53. The number of halogens is 3. The predicted octanol–water partition coefficient (Wildman–Crippen LogP) is 4.52. The van der Waals surface area contributed by atoms with E-state index in [0.717, 1.165) is 5.69 Å². The van der Waals surface area contributed by atoms with Gasteiger partial charge in [-0.1, -0.05) is 12.1 Å². The van der Waals surface area contributed by atoms with Crippen LogP contribution in [0.15, 0.2) is 65.6 Å². The lowest BCUT2D eigenvalue weighted by Gasteiger charge is -2.15. The van der Waals surface area contributed by atoms with Gasteiger partial charge in [0.15, 0.2) is 0 Å². The number of sulfonamides is 1. The van der Waals surface area contributed by atoms with E-state index < -0.39 is 15.8 Å². The molecule has 3 aromatic carbocycles. The highest BCUT2D eigenvalue weighted by Crippen LogP contribution is 2.34. The third kappa shape index (κ3) is 6.88. The topological polar surface area (TPSA) is 103 Å². The Hall–Kier alpha value is -2.72. The van der Waals surface area contributed by atoms with Crippen LogP contribution < -0.4 is 25.2 Å². The highest BCUT2D eigenvalue weighted by molar-refractivity contribution is 7.92. The van der Waals surface area contributed by atoms with Gasteiger partial charge in [0.1, 0.15) is 22.2 Å². The Labute approximate surface area is 205 Å². The minimum Gasteiger partial charge on any atom is -0.497 e. The Morgan fingerprint density at radius 2 is 1.67 bits per heavy atom. The molecule has 0 atom stereocenters. The number of nitrogens with two attached hydrogens (primary N) is 1. The fourth-order valence-electron chi connectivity index (χ4n) is 3.03. The smallest absolute Gasteiger partial charge is 0.265 e. The summed E-state index contributed by atoms with van der Waals surface area (Å²) in [5.74, 6) is 0.0921. The first-order valence-electron chi connectivity index (χ1n) is 9.46. The van der Waals surface area contributed by atoms with E-state index in [1.807, 2.05) is 0 Å². The van der Waals surface area contributed by atoms with E-state index in [9.17, 15) is 12.8 Å². The third-order valence-corrected chi connectivity index (χ3v) is 5.93. The van der Waals surface area contributed by atoms with Crippen LogP contribution in [-0.2, 0) is 10.0 Å². The molecule has 0 unspecified atom stereocenters. The van der Waals surface area contributed by atoms with E-state index in [0.29, 0.717) is 30.1 Å². The molecule has 0 aromatic heterocycles. The molecule has 0 fully saturated rings. The van der Waals surface area contributed by atoms with Crippen molar-refractivity contribution in [2.75, 3.05) is 37.3 Å². The van der Waals surface area contributed by atoms with Crippen molar-refractivity contribution in [3.63, 3.8) is 0 Å². The second kappa shape index (κ2) is 12.5. The molecule has 3 aromatic rings. The first-order chi connectivity index (χ1) is 14.9. The molecule has 0 radical (unpaired) electrons. The summed E-state index contributed by atoms with van der Waals surface area (Å²) in [6.07, 6.45) is 0. The van der Waals surface area contributed by atoms with Crippen LogP contribution in [0, 0.1) is 5.82 Å². The van der Waals surface area contributed by atoms with Crippen molar-refractivity contribution in [2.24, 2.45) is 5.73 Å². The number of nitrogens with one attached hydrogen (secondary N) is 2. The molecule has 0 bridgehead atoms. The second-order valence-electron chi connectivity index (χ2n) is 6.61. The van der Waals surface area contributed by atoms with Crippen molar-refractivity contribution in [1.29, 1.82) is 0 Å². The molecule has 3 rings (SSSR count). The summed E-state index contributed by atoms with van der Waals surface area (Å²) in [6.45, 7) is 0.999. The molecule has 0 saturated carbocycles. The number of ether oxygens (including phenoxy) is 2. The Morgan fingerprint density at radius 3 is 2.33 bits per heavy atom. The average molecular weight is 518 g/mol. The summed E-state index contributed by atoms with van der Waals surface area (Å²) in [4.78, 5) is -0.116. The first kappa shape index (κ1) is 28.3. The minimum atomic E-state index is -4.03. The van der Waals surface area contributed by atoms with Crippen LogP contribution in [0.2, 0.25) is 0 Å². The number of methoxy groups -OCH3 is 2. The molecule has 180 valence electrons. The van der Waals surface area contributed by atoms with E-state index in [-0.39, 0.29) is 41.0 Å². The van der Waals surface area contributed by atoms with Gasteiger partial charge in [-0.25, -0.2) is 12.8 Å². The van der Waals surface area contributed by atoms with Gasteiger partial charge in [0, 0.05) is 24.3 Å². The Balaban J connectivity index is 0.00000272. The van der Waals surface area contributed by atoms with Gasteiger partial charge in [-0.05, 0) is 54.1 Å². The van der Waals surface area contributed by atoms with Gasteiger partial charge >= 0.3 is 0 Å². The quantitative estimate of drug-likeness (QED) is 0.385. The Bertz CT molecular complexity index is 1180. The summed E-state index contributed by atoms with van der Waals surface area (Å²) in [7, 11) is -1.19. The Morgan fingerprint density at radius 1 is 0.939 bits per heavy atom. The molecular weight excluding hydrogens is 492 g/mol. The number of hydrogen-bond acceptors (Lipinski definition) is 6. The molecule has 7 nitrogen and oxygen atoms in total. The molecule has 0 aliphatic heterocycles.